The van der Waals surface area contributed by atoms with Crippen molar-refractivity contribution >= 4 is 5.91 Å². The van der Waals surface area contributed by atoms with Crippen LogP contribution in [0.3, 0.4) is 0 Å². The van der Waals surface area contributed by atoms with Crippen LogP contribution in [-0.4, -0.2) is 29.4 Å². The smallest absolute Gasteiger partial charge is 0.240 e. The molecule has 0 bridgehead atoms. The maximum absolute atomic E-state index is 12.6. The van der Waals surface area contributed by atoms with Crippen molar-refractivity contribution in [1.82, 2.24) is 10.2 Å². The molecule has 1 spiro atoms. The van der Waals surface area contributed by atoms with Gasteiger partial charge in [-0.05, 0) is 55.5 Å². The van der Waals surface area contributed by atoms with Gasteiger partial charge in [-0.25, -0.2) is 0 Å². The number of benzene rings is 2. The van der Waals surface area contributed by atoms with Crippen LogP contribution in [0.1, 0.15) is 36.8 Å². The van der Waals surface area contributed by atoms with E-state index < -0.39 is 0 Å². The van der Waals surface area contributed by atoms with Crippen LogP contribution in [0, 0.1) is 0 Å². The number of likely N-dealkylation sites (tertiary alicyclic amines) is 1. The molecule has 2 saturated heterocycles. The zero-order valence-electron chi connectivity index (χ0n) is 15.1. The Hall–Kier alpha value is -2.33. The van der Waals surface area contributed by atoms with Crippen molar-refractivity contribution in [2.75, 3.05) is 13.1 Å². The second-order valence-electron chi connectivity index (χ2n) is 7.34. The van der Waals surface area contributed by atoms with E-state index >= 15 is 0 Å². The fraction of sp³-hybridized carbons (Fsp3) is 0.409. The van der Waals surface area contributed by atoms with E-state index in [2.05, 4.69) is 34.5 Å². The summed E-state index contributed by atoms with van der Waals surface area (Å²) < 4.78 is 5.96. The quantitative estimate of drug-likeness (QED) is 0.897. The zero-order chi connectivity index (χ0) is 17.8. The number of nitrogens with zero attached hydrogens (tertiary/aromatic N) is 1. The molecule has 2 aromatic rings. The summed E-state index contributed by atoms with van der Waals surface area (Å²) in [5.74, 6) is 1.10. The highest BCUT2D eigenvalue weighted by molar-refractivity contribution is 5.87. The third-order valence-corrected chi connectivity index (χ3v) is 5.62. The average Bonchev–Trinajstić information content (AvgIpc) is 3.07. The lowest BCUT2D eigenvalue weighted by Gasteiger charge is -2.40. The maximum Gasteiger partial charge on any atom is 0.240 e. The lowest BCUT2D eigenvalue weighted by molar-refractivity contribution is -0.134. The molecule has 136 valence electrons. The molecule has 0 aromatic heterocycles. The van der Waals surface area contributed by atoms with Gasteiger partial charge in [0.1, 0.15) is 17.9 Å². The summed E-state index contributed by atoms with van der Waals surface area (Å²) in [6, 6.07) is 18.5. The lowest BCUT2D eigenvalue weighted by atomic mass is 9.86. The van der Waals surface area contributed by atoms with Crippen LogP contribution in [0.15, 0.2) is 54.6 Å². The van der Waals surface area contributed by atoms with Gasteiger partial charge in [0.15, 0.2) is 0 Å². The molecule has 1 atom stereocenters. The molecule has 4 heteroatoms. The fourth-order valence-corrected chi connectivity index (χ4v) is 4.26. The van der Waals surface area contributed by atoms with E-state index in [1.54, 1.807) is 0 Å². The van der Waals surface area contributed by atoms with Crippen LogP contribution in [0.5, 0.6) is 5.75 Å². The monoisotopic (exact) mass is 350 g/mol. The predicted molar refractivity (Wildman–Crippen MR) is 102 cm³/mol. The Morgan fingerprint density at radius 2 is 1.81 bits per heavy atom. The third kappa shape index (κ3) is 3.47. The van der Waals surface area contributed by atoms with Gasteiger partial charge in [0.25, 0.3) is 0 Å². The Bertz CT molecular complexity index is 762. The summed E-state index contributed by atoms with van der Waals surface area (Å²) >= 11 is 0. The largest absolute Gasteiger partial charge is 0.489 e. The van der Waals surface area contributed by atoms with E-state index in [0.29, 0.717) is 6.61 Å². The van der Waals surface area contributed by atoms with Crippen LogP contribution < -0.4 is 10.1 Å². The molecule has 0 saturated carbocycles. The molecule has 1 unspecified atom stereocenters. The Labute approximate surface area is 155 Å². The standard InChI is InChI=1S/C22H26N2O2/c25-21-22(11-5-13-23-21)12-6-14-24(22)16-19-9-4-10-20(15-19)26-17-18-7-2-1-3-8-18/h1-4,7-10,15H,5-6,11-14,16-17H2,(H,23,25). The molecule has 4 rings (SSSR count). The minimum atomic E-state index is -0.293. The van der Waals surface area contributed by atoms with Crippen LogP contribution >= 0.6 is 0 Å². The molecule has 2 aliphatic rings. The summed E-state index contributed by atoms with van der Waals surface area (Å²) in [5, 5.41) is 3.08. The van der Waals surface area contributed by atoms with Crippen molar-refractivity contribution in [2.24, 2.45) is 0 Å². The van der Waals surface area contributed by atoms with Gasteiger partial charge in [0.2, 0.25) is 5.91 Å². The molecule has 2 fully saturated rings. The molecule has 2 heterocycles. The highest BCUT2D eigenvalue weighted by Gasteiger charge is 2.48. The summed E-state index contributed by atoms with van der Waals surface area (Å²) in [6.07, 6.45) is 4.12. The molecular weight excluding hydrogens is 324 g/mol. The van der Waals surface area contributed by atoms with E-state index in [-0.39, 0.29) is 11.4 Å². The van der Waals surface area contributed by atoms with Crippen molar-refractivity contribution in [3.8, 4) is 5.75 Å². The summed E-state index contributed by atoms with van der Waals surface area (Å²) in [6.45, 7) is 3.18. The number of amides is 1. The van der Waals surface area contributed by atoms with Crippen LogP contribution in [-0.2, 0) is 17.9 Å². The van der Waals surface area contributed by atoms with E-state index in [0.717, 1.165) is 56.6 Å². The highest BCUT2D eigenvalue weighted by atomic mass is 16.5. The van der Waals surface area contributed by atoms with Crippen LogP contribution in [0.25, 0.3) is 0 Å². The number of hydrogen-bond acceptors (Lipinski definition) is 3. The number of ether oxygens (including phenoxy) is 1. The molecule has 1 amide bonds. The SMILES string of the molecule is O=C1NCCCC12CCCN2Cc1cccc(OCc2ccccc2)c1. The van der Waals surface area contributed by atoms with E-state index in [9.17, 15) is 4.79 Å². The highest BCUT2D eigenvalue weighted by Crippen LogP contribution is 2.37. The Kier molecular flexibility index (Phi) is 4.93. The molecule has 0 aliphatic carbocycles. The Morgan fingerprint density at radius 1 is 1.00 bits per heavy atom. The lowest BCUT2D eigenvalue weighted by Crippen LogP contribution is -2.58. The van der Waals surface area contributed by atoms with Gasteiger partial charge in [-0.1, -0.05) is 42.5 Å². The van der Waals surface area contributed by atoms with Crippen molar-refractivity contribution < 1.29 is 9.53 Å². The fourth-order valence-electron chi connectivity index (χ4n) is 4.26. The van der Waals surface area contributed by atoms with Gasteiger partial charge in [0.05, 0.1) is 0 Å². The predicted octanol–water partition coefficient (Wildman–Crippen LogP) is 3.51. The maximum atomic E-state index is 12.6. The summed E-state index contributed by atoms with van der Waals surface area (Å²) in [4.78, 5) is 14.9. The van der Waals surface area contributed by atoms with Gasteiger partial charge >= 0.3 is 0 Å². The van der Waals surface area contributed by atoms with Crippen molar-refractivity contribution in [1.29, 1.82) is 0 Å². The normalized spacial score (nSPS) is 23.2. The van der Waals surface area contributed by atoms with E-state index in [4.69, 9.17) is 4.74 Å². The number of carbonyl (C=O) groups is 1. The first-order valence-electron chi connectivity index (χ1n) is 9.55. The second kappa shape index (κ2) is 7.50. The summed E-state index contributed by atoms with van der Waals surface area (Å²) in [5.41, 5.74) is 2.07. The summed E-state index contributed by atoms with van der Waals surface area (Å²) in [7, 11) is 0. The van der Waals surface area contributed by atoms with Gasteiger partial charge in [-0.15, -0.1) is 0 Å². The van der Waals surface area contributed by atoms with E-state index in [1.807, 2.05) is 30.3 Å². The van der Waals surface area contributed by atoms with Crippen molar-refractivity contribution in [2.45, 2.75) is 44.4 Å². The van der Waals surface area contributed by atoms with Crippen molar-refractivity contribution in [3.63, 3.8) is 0 Å². The average molecular weight is 350 g/mol. The molecule has 2 aliphatic heterocycles. The topological polar surface area (TPSA) is 41.6 Å². The first-order chi connectivity index (χ1) is 12.8. The third-order valence-electron chi connectivity index (χ3n) is 5.62. The van der Waals surface area contributed by atoms with Gasteiger partial charge in [0, 0.05) is 13.1 Å². The van der Waals surface area contributed by atoms with E-state index in [1.165, 1.54) is 5.56 Å². The number of nitrogens with one attached hydrogen (secondary N) is 1. The molecular formula is C22H26N2O2. The zero-order valence-corrected chi connectivity index (χ0v) is 15.1. The molecule has 0 radical (unpaired) electrons. The van der Waals surface area contributed by atoms with Crippen molar-refractivity contribution in [3.05, 3.63) is 65.7 Å². The number of rotatable bonds is 5. The molecule has 2 aromatic carbocycles. The van der Waals surface area contributed by atoms with Gasteiger partial charge < -0.3 is 10.1 Å². The van der Waals surface area contributed by atoms with Gasteiger partial charge in [-0.3, -0.25) is 9.69 Å². The Balaban J connectivity index is 1.44. The minimum absolute atomic E-state index is 0.220. The van der Waals surface area contributed by atoms with Crippen LogP contribution in [0.2, 0.25) is 0 Å². The number of piperidine rings is 1. The first-order valence-corrected chi connectivity index (χ1v) is 9.55. The molecule has 1 N–H and O–H groups in total. The second-order valence-corrected chi connectivity index (χ2v) is 7.34. The Morgan fingerprint density at radius 3 is 2.65 bits per heavy atom. The van der Waals surface area contributed by atoms with Crippen LogP contribution in [0.4, 0.5) is 0 Å². The van der Waals surface area contributed by atoms with Gasteiger partial charge in [-0.2, -0.15) is 0 Å². The molecule has 4 nitrogen and oxygen atoms in total. The molecule has 26 heavy (non-hydrogen) atoms. The number of carbonyl (C=O) groups excluding carboxylic acids is 1. The number of hydrogen-bond donors (Lipinski definition) is 1. The minimum Gasteiger partial charge on any atom is -0.489 e. The first kappa shape index (κ1) is 17.1.